The number of hydrogen-bond acceptors (Lipinski definition) is 5. The van der Waals surface area contributed by atoms with Crippen LogP contribution in [0.25, 0.3) is 28.3 Å². The van der Waals surface area contributed by atoms with Crippen LogP contribution in [-0.2, 0) is 0 Å². The summed E-state index contributed by atoms with van der Waals surface area (Å²) in [5.41, 5.74) is 3.22. The van der Waals surface area contributed by atoms with Crippen LogP contribution in [0.5, 0.6) is 0 Å². The van der Waals surface area contributed by atoms with Gasteiger partial charge in [-0.15, -0.1) is 5.10 Å². The topological polar surface area (TPSA) is 97.1 Å². The van der Waals surface area contributed by atoms with Gasteiger partial charge in [-0.05, 0) is 24.3 Å². The SMILES string of the molecule is O=C(NCC(F)(F)F)Nc1cccc(-c2cnc3cc(-c4nccnn4)ccn23)c1. The van der Waals surface area contributed by atoms with E-state index in [4.69, 9.17) is 0 Å². The van der Waals surface area contributed by atoms with Gasteiger partial charge in [0, 0.05) is 29.2 Å². The van der Waals surface area contributed by atoms with Crippen LogP contribution in [0, 0.1) is 0 Å². The van der Waals surface area contributed by atoms with Crippen molar-refractivity contribution in [3.05, 3.63) is 61.2 Å². The fourth-order valence-corrected chi connectivity index (χ4v) is 2.83. The fourth-order valence-electron chi connectivity index (χ4n) is 2.83. The van der Waals surface area contributed by atoms with Crippen LogP contribution >= 0.6 is 0 Å². The van der Waals surface area contributed by atoms with Gasteiger partial charge >= 0.3 is 12.2 Å². The first-order chi connectivity index (χ1) is 14.4. The van der Waals surface area contributed by atoms with Crippen molar-refractivity contribution >= 4 is 17.4 Å². The number of halogens is 3. The summed E-state index contributed by atoms with van der Waals surface area (Å²) in [7, 11) is 0. The normalized spacial score (nSPS) is 11.4. The van der Waals surface area contributed by atoms with Gasteiger partial charge in [-0.25, -0.2) is 14.8 Å². The van der Waals surface area contributed by atoms with Crippen LogP contribution < -0.4 is 10.6 Å². The third-order valence-electron chi connectivity index (χ3n) is 4.12. The summed E-state index contributed by atoms with van der Waals surface area (Å²) in [6.45, 7) is -1.41. The van der Waals surface area contributed by atoms with Gasteiger partial charge in [-0.1, -0.05) is 12.1 Å². The maximum absolute atomic E-state index is 12.2. The van der Waals surface area contributed by atoms with Crippen LogP contribution in [0.15, 0.2) is 61.2 Å². The Kier molecular flexibility index (Phi) is 5.00. The van der Waals surface area contributed by atoms with Gasteiger partial charge in [0.2, 0.25) is 0 Å². The van der Waals surface area contributed by atoms with E-state index < -0.39 is 18.8 Å². The second-order valence-electron chi connectivity index (χ2n) is 6.26. The summed E-state index contributed by atoms with van der Waals surface area (Å²) in [6.07, 6.45) is 2.02. The van der Waals surface area contributed by atoms with E-state index in [0.29, 0.717) is 17.2 Å². The molecule has 0 aliphatic heterocycles. The van der Waals surface area contributed by atoms with Crippen LogP contribution in [0.1, 0.15) is 0 Å². The van der Waals surface area contributed by atoms with Crippen molar-refractivity contribution in [1.29, 1.82) is 0 Å². The standard InChI is InChI=1S/C19H14F3N7O/c20-19(21,22)11-25-18(30)27-14-3-1-2-12(8-14)15-10-24-16-9-13(4-7-29(15)16)17-23-5-6-26-28-17/h1-10H,11H2,(H2,25,27,30). The van der Waals surface area contributed by atoms with Crippen molar-refractivity contribution in [3.63, 3.8) is 0 Å². The Labute approximate surface area is 167 Å². The minimum atomic E-state index is -4.48. The number of fused-ring (bicyclic) bond motifs is 1. The highest BCUT2D eigenvalue weighted by Crippen LogP contribution is 2.25. The highest BCUT2D eigenvalue weighted by atomic mass is 19.4. The maximum atomic E-state index is 12.2. The van der Waals surface area contributed by atoms with Gasteiger partial charge in [0.15, 0.2) is 5.82 Å². The van der Waals surface area contributed by atoms with E-state index in [0.717, 1.165) is 16.8 Å². The maximum Gasteiger partial charge on any atom is 0.405 e. The number of nitrogens with zero attached hydrogens (tertiary/aromatic N) is 5. The summed E-state index contributed by atoms with van der Waals surface area (Å²) in [5.74, 6) is 0.473. The largest absolute Gasteiger partial charge is 0.405 e. The Morgan fingerprint density at radius 2 is 1.93 bits per heavy atom. The number of alkyl halides is 3. The molecule has 0 saturated carbocycles. The molecule has 0 fully saturated rings. The number of carbonyl (C=O) groups excluding carboxylic acids is 1. The molecule has 152 valence electrons. The quantitative estimate of drug-likeness (QED) is 0.534. The fraction of sp³-hybridized carbons (Fsp3) is 0.105. The summed E-state index contributed by atoms with van der Waals surface area (Å²) in [4.78, 5) is 20.2. The molecular formula is C19H14F3N7O. The van der Waals surface area contributed by atoms with E-state index in [1.54, 1.807) is 48.2 Å². The second kappa shape index (κ2) is 7.78. The molecule has 0 saturated heterocycles. The predicted octanol–water partition coefficient (Wildman–Crippen LogP) is 3.54. The molecule has 0 radical (unpaired) electrons. The minimum Gasteiger partial charge on any atom is -0.329 e. The summed E-state index contributed by atoms with van der Waals surface area (Å²) < 4.78 is 38.5. The Morgan fingerprint density at radius 1 is 1.07 bits per heavy atom. The van der Waals surface area contributed by atoms with Crippen molar-refractivity contribution in [2.45, 2.75) is 6.18 Å². The Bertz CT molecular complexity index is 1190. The zero-order valence-electron chi connectivity index (χ0n) is 15.3. The van der Waals surface area contributed by atoms with Crippen molar-refractivity contribution in [2.75, 3.05) is 11.9 Å². The summed E-state index contributed by atoms with van der Waals surface area (Å²) in [6, 6.07) is 9.41. The van der Waals surface area contributed by atoms with E-state index in [9.17, 15) is 18.0 Å². The molecule has 0 aliphatic rings. The van der Waals surface area contributed by atoms with Gasteiger partial charge in [-0.2, -0.15) is 18.3 Å². The Hall–Kier alpha value is -4.02. The van der Waals surface area contributed by atoms with Crippen molar-refractivity contribution in [1.82, 2.24) is 29.9 Å². The number of amides is 2. The lowest BCUT2D eigenvalue weighted by molar-refractivity contribution is -0.122. The number of nitrogens with one attached hydrogen (secondary N) is 2. The van der Waals surface area contributed by atoms with E-state index >= 15 is 0 Å². The summed E-state index contributed by atoms with van der Waals surface area (Å²) in [5, 5.41) is 11.9. The Morgan fingerprint density at radius 3 is 2.70 bits per heavy atom. The van der Waals surface area contributed by atoms with Gasteiger partial charge in [-0.3, -0.25) is 4.40 Å². The molecule has 3 heterocycles. The van der Waals surface area contributed by atoms with Crippen molar-refractivity contribution in [2.24, 2.45) is 0 Å². The van der Waals surface area contributed by atoms with E-state index in [-0.39, 0.29) is 0 Å². The molecule has 2 N–H and O–H groups in total. The first-order valence-corrected chi connectivity index (χ1v) is 8.72. The summed E-state index contributed by atoms with van der Waals surface area (Å²) >= 11 is 0. The van der Waals surface area contributed by atoms with Crippen LogP contribution in [-0.4, -0.2) is 43.3 Å². The smallest absolute Gasteiger partial charge is 0.329 e. The Balaban J connectivity index is 1.57. The lowest BCUT2D eigenvalue weighted by atomic mass is 10.1. The van der Waals surface area contributed by atoms with Crippen molar-refractivity contribution < 1.29 is 18.0 Å². The van der Waals surface area contributed by atoms with Crippen molar-refractivity contribution in [3.8, 4) is 22.6 Å². The van der Waals surface area contributed by atoms with Gasteiger partial charge in [0.1, 0.15) is 12.2 Å². The molecular weight excluding hydrogens is 399 g/mol. The molecule has 4 aromatic rings. The first kappa shape index (κ1) is 19.3. The first-order valence-electron chi connectivity index (χ1n) is 8.72. The van der Waals surface area contributed by atoms with Gasteiger partial charge in [0.25, 0.3) is 0 Å². The van der Waals surface area contributed by atoms with Gasteiger partial charge in [0.05, 0.1) is 18.1 Å². The van der Waals surface area contributed by atoms with Crippen LogP contribution in [0.2, 0.25) is 0 Å². The lowest BCUT2D eigenvalue weighted by Crippen LogP contribution is -2.36. The highest BCUT2D eigenvalue weighted by Gasteiger charge is 2.27. The molecule has 0 spiro atoms. The molecule has 11 heteroatoms. The van der Waals surface area contributed by atoms with Gasteiger partial charge < -0.3 is 10.6 Å². The highest BCUT2D eigenvalue weighted by molar-refractivity contribution is 5.90. The molecule has 4 rings (SSSR count). The number of anilines is 1. The average molecular weight is 413 g/mol. The number of pyridine rings is 1. The predicted molar refractivity (Wildman–Crippen MR) is 103 cm³/mol. The molecule has 0 unspecified atom stereocenters. The zero-order chi connectivity index (χ0) is 21.1. The number of urea groups is 1. The molecule has 2 amide bonds. The second-order valence-corrected chi connectivity index (χ2v) is 6.26. The number of aromatic nitrogens is 5. The molecule has 0 aliphatic carbocycles. The third kappa shape index (κ3) is 4.35. The van der Waals surface area contributed by atoms with E-state index in [2.05, 4.69) is 25.5 Å². The van der Waals surface area contributed by atoms with E-state index in [1.165, 1.54) is 6.20 Å². The molecule has 3 aromatic heterocycles. The lowest BCUT2D eigenvalue weighted by Gasteiger charge is -2.11. The molecule has 1 aromatic carbocycles. The number of imidazole rings is 1. The number of hydrogen-bond donors (Lipinski definition) is 2. The molecule has 8 nitrogen and oxygen atoms in total. The third-order valence-corrected chi connectivity index (χ3v) is 4.12. The van der Waals surface area contributed by atoms with E-state index in [1.807, 2.05) is 16.5 Å². The minimum absolute atomic E-state index is 0.350. The zero-order valence-corrected chi connectivity index (χ0v) is 15.3. The van der Waals surface area contributed by atoms with Crippen LogP contribution in [0.4, 0.5) is 23.7 Å². The number of carbonyl (C=O) groups is 1. The number of benzene rings is 1. The number of rotatable bonds is 4. The molecule has 0 bridgehead atoms. The molecule has 30 heavy (non-hydrogen) atoms. The molecule has 0 atom stereocenters. The van der Waals surface area contributed by atoms with Crippen LogP contribution in [0.3, 0.4) is 0 Å². The monoisotopic (exact) mass is 413 g/mol. The average Bonchev–Trinajstić information content (AvgIpc) is 3.16.